The highest BCUT2D eigenvalue weighted by Gasteiger charge is 2.22. The summed E-state index contributed by atoms with van der Waals surface area (Å²) in [6, 6.07) is 16.6. The number of aromatic nitrogens is 2. The van der Waals surface area contributed by atoms with Crippen molar-refractivity contribution in [2.75, 3.05) is 16.8 Å². The molecular formula is C23H26N4O. The number of imidazole rings is 1. The van der Waals surface area contributed by atoms with E-state index in [2.05, 4.69) is 45.1 Å². The van der Waals surface area contributed by atoms with E-state index in [4.69, 9.17) is 4.98 Å². The molecule has 2 heterocycles. The zero-order chi connectivity index (χ0) is 18.9. The Hall–Kier alpha value is -2.82. The first-order valence-electron chi connectivity index (χ1n) is 10.4. The molecule has 28 heavy (non-hydrogen) atoms. The fourth-order valence-electron chi connectivity index (χ4n) is 4.55. The minimum atomic E-state index is 0.180. The van der Waals surface area contributed by atoms with E-state index in [0.717, 1.165) is 49.5 Å². The number of anilines is 2. The Labute approximate surface area is 165 Å². The van der Waals surface area contributed by atoms with Crippen molar-refractivity contribution in [1.29, 1.82) is 0 Å². The zero-order valence-corrected chi connectivity index (χ0v) is 16.1. The number of carbonyl (C=O) groups is 1. The molecule has 0 bridgehead atoms. The summed E-state index contributed by atoms with van der Waals surface area (Å²) in [5.41, 5.74) is 4.36. The number of para-hydroxylation sites is 2. The van der Waals surface area contributed by atoms with Crippen LogP contribution < -0.4 is 10.2 Å². The van der Waals surface area contributed by atoms with Crippen LogP contribution in [0.4, 0.5) is 11.4 Å². The lowest BCUT2D eigenvalue weighted by Crippen LogP contribution is -2.33. The molecule has 3 aromatic rings. The van der Waals surface area contributed by atoms with Gasteiger partial charge < -0.3 is 14.8 Å². The van der Waals surface area contributed by atoms with Crippen LogP contribution in [0.25, 0.3) is 11.0 Å². The van der Waals surface area contributed by atoms with E-state index in [1.807, 2.05) is 18.2 Å². The van der Waals surface area contributed by atoms with Gasteiger partial charge in [0.15, 0.2) is 0 Å². The molecule has 5 nitrogen and oxygen atoms in total. The van der Waals surface area contributed by atoms with E-state index in [0.29, 0.717) is 0 Å². The van der Waals surface area contributed by atoms with Gasteiger partial charge in [0.05, 0.1) is 17.6 Å². The number of carbonyl (C=O) groups excluding carboxylic acids is 1. The van der Waals surface area contributed by atoms with Crippen molar-refractivity contribution in [3.05, 3.63) is 54.4 Å². The average Bonchev–Trinajstić information content (AvgIpc) is 3.13. The second-order valence-electron chi connectivity index (χ2n) is 7.96. The van der Waals surface area contributed by atoms with Crippen LogP contribution in [0.15, 0.2) is 48.5 Å². The van der Waals surface area contributed by atoms with Crippen LogP contribution in [0.1, 0.15) is 37.9 Å². The molecule has 1 aromatic heterocycles. The van der Waals surface area contributed by atoms with E-state index in [1.54, 1.807) is 0 Å². The summed E-state index contributed by atoms with van der Waals surface area (Å²) in [6.07, 6.45) is 5.67. The molecule has 1 aliphatic carbocycles. The predicted octanol–water partition coefficient (Wildman–Crippen LogP) is 4.58. The summed E-state index contributed by atoms with van der Waals surface area (Å²) in [5, 5.41) is 3.10. The Kier molecular flexibility index (Phi) is 4.51. The van der Waals surface area contributed by atoms with Crippen LogP contribution in [0, 0.1) is 5.92 Å². The average molecular weight is 374 g/mol. The van der Waals surface area contributed by atoms with Gasteiger partial charge >= 0.3 is 0 Å². The molecule has 0 radical (unpaired) electrons. The van der Waals surface area contributed by atoms with E-state index in [1.165, 1.54) is 30.5 Å². The van der Waals surface area contributed by atoms with Crippen molar-refractivity contribution in [2.24, 2.45) is 5.92 Å². The Morgan fingerprint density at radius 3 is 2.57 bits per heavy atom. The Morgan fingerprint density at radius 1 is 0.964 bits per heavy atom. The van der Waals surface area contributed by atoms with Gasteiger partial charge in [0.25, 0.3) is 0 Å². The standard InChI is InChI=1S/C23H26N4O/c28-23(17-6-2-1-3-7-17)24-18-10-12-19(13-11-18)26-14-15-27-21-9-5-4-8-20(21)25-22(27)16-26/h4-5,8-13,17H,1-3,6-7,14-16H2,(H,24,28). The van der Waals surface area contributed by atoms with Crippen molar-refractivity contribution in [3.63, 3.8) is 0 Å². The molecule has 0 saturated heterocycles. The molecule has 5 heteroatoms. The molecule has 1 fully saturated rings. The van der Waals surface area contributed by atoms with Crippen molar-refractivity contribution in [3.8, 4) is 0 Å². The summed E-state index contributed by atoms with van der Waals surface area (Å²) in [6.45, 7) is 2.71. The number of nitrogens with zero attached hydrogens (tertiary/aromatic N) is 3. The molecule has 5 rings (SSSR count). The summed E-state index contributed by atoms with van der Waals surface area (Å²) in [5.74, 6) is 1.48. The molecular weight excluding hydrogens is 348 g/mol. The summed E-state index contributed by atoms with van der Waals surface area (Å²) >= 11 is 0. The van der Waals surface area contributed by atoms with Gasteiger partial charge in [-0.15, -0.1) is 0 Å². The third-order valence-corrected chi connectivity index (χ3v) is 6.14. The van der Waals surface area contributed by atoms with Gasteiger partial charge in [0.1, 0.15) is 5.82 Å². The fraction of sp³-hybridized carbons (Fsp3) is 0.391. The number of benzene rings is 2. The highest BCUT2D eigenvalue weighted by Crippen LogP contribution is 2.27. The second-order valence-corrected chi connectivity index (χ2v) is 7.96. The molecule has 1 aliphatic heterocycles. The largest absolute Gasteiger partial charge is 0.362 e. The van der Waals surface area contributed by atoms with Crippen molar-refractivity contribution < 1.29 is 4.79 Å². The normalized spacial score (nSPS) is 17.5. The smallest absolute Gasteiger partial charge is 0.227 e. The fourth-order valence-corrected chi connectivity index (χ4v) is 4.55. The summed E-state index contributed by atoms with van der Waals surface area (Å²) in [4.78, 5) is 19.6. The van der Waals surface area contributed by atoms with E-state index in [9.17, 15) is 4.79 Å². The number of rotatable bonds is 3. The maximum atomic E-state index is 12.4. The van der Waals surface area contributed by atoms with E-state index < -0.39 is 0 Å². The third kappa shape index (κ3) is 3.26. The zero-order valence-electron chi connectivity index (χ0n) is 16.1. The van der Waals surface area contributed by atoms with E-state index in [-0.39, 0.29) is 11.8 Å². The highest BCUT2D eigenvalue weighted by molar-refractivity contribution is 5.92. The molecule has 0 unspecified atom stereocenters. The lowest BCUT2D eigenvalue weighted by Gasteiger charge is -2.30. The van der Waals surface area contributed by atoms with Gasteiger partial charge in [-0.1, -0.05) is 31.4 Å². The second kappa shape index (κ2) is 7.30. The van der Waals surface area contributed by atoms with Gasteiger partial charge in [-0.3, -0.25) is 4.79 Å². The van der Waals surface area contributed by atoms with Gasteiger partial charge in [-0.05, 0) is 49.2 Å². The minimum absolute atomic E-state index is 0.180. The van der Waals surface area contributed by atoms with Crippen LogP contribution in [0.2, 0.25) is 0 Å². The summed E-state index contributed by atoms with van der Waals surface area (Å²) in [7, 11) is 0. The number of hydrogen-bond donors (Lipinski definition) is 1. The van der Waals surface area contributed by atoms with Crippen LogP contribution in [-0.4, -0.2) is 22.0 Å². The molecule has 1 amide bonds. The number of nitrogens with one attached hydrogen (secondary N) is 1. The maximum absolute atomic E-state index is 12.4. The Morgan fingerprint density at radius 2 is 1.75 bits per heavy atom. The molecule has 1 saturated carbocycles. The van der Waals surface area contributed by atoms with Crippen molar-refractivity contribution in [1.82, 2.24) is 9.55 Å². The number of fused-ring (bicyclic) bond motifs is 3. The van der Waals surface area contributed by atoms with Crippen LogP contribution in [-0.2, 0) is 17.9 Å². The molecule has 2 aromatic carbocycles. The molecule has 144 valence electrons. The summed E-state index contributed by atoms with van der Waals surface area (Å²) < 4.78 is 2.32. The van der Waals surface area contributed by atoms with E-state index >= 15 is 0 Å². The van der Waals surface area contributed by atoms with Crippen molar-refractivity contribution in [2.45, 2.75) is 45.2 Å². The van der Waals surface area contributed by atoms with Crippen LogP contribution in [0.3, 0.4) is 0 Å². The topological polar surface area (TPSA) is 50.2 Å². The Balaban J connectivity index is 1.27. The lowest BCUT2D eigenvalue weighted by molar-refractivity contribution is -0.120. The third-order valence-electron chi connectivity index (χ3n) is 6.14. The molecule has 1 N–H and O–H groups in total. The number of hydrogen-bond acceptors (Lipinski definition) is 3. The monoisotopic (exact) mass is 374 g/mol. The molecule has 0 spiro atoms. The van der Waals surface area contributed by atoms with Gasteiger partial charge in [-0.2, -0.15) is 0 Å². The maximum Gasteiger partial charge on any atom is 0.227 e. The first-order chi connectivity index (χ1) is 13.8. The number of amides is 1. The van der Waals surface area contributed by atoms with Crippen LogP contribution >= 0.6 is 0 Å². The quantitative estimate of drug-likeness (QED) is 0.730. The lowest BCUT2D eigenvalue weighted by atomic mass is 9.88. The van der Waals surface area contributed by atoms with Crippen molar-refractivity contribution >= 4 is 28.3 Å². The van der Waals surface area contributed by atoms with Gasteiger partial charge in [0, 0.05) is 30.4 Å². The Bertz CT molecular complexity index is 986. The SMILES string of the molecule is O=C(Nc1ccc(N2CCn3c(nc4ccccc43)C2)cc1)C1CCCCC1. The van der Waals surface area contributed by atoms with Gasteiger partial charge in [0.2, 0.25) is 5.91 Å². The van der Waals surface area contributed by atoms with Crippen LogP contribution in [0.5, 0.6) is 0 Å². The molecule has 2 aliphatic rings. The first kappa shape index (κ1) is 17.3. The minimum Gasteiger partial charge on any atom is -0.362 e. The highest BCUT2D eigenvalue weighted by atomic mass is 16.1. The first-order valence-corrected chi connectivity index (χ1v) is 10.4. The predicted molar refractivity (Wildman–Crippen MR) is 112 cm³/mol. The molecule has 0 atom stereocenters. The van der Waals surface area contributed by atoms with Gasteiger partial charge in [-0.25, -0.2) is 4.98 Å².